The van der Waals surface area contributed by atoms with E-state index < -0.39 is 11.6 Å². The Morgan fingerprint density at radius 1 is 1.35 bits per heavy atom. The van der Waals surface area contributed by atoms with Crippen LogP contribution in [-0.4, -0.2) is 31.1 Å². The van der Waals surface area contributed by atoms with Gasteiger partial charge in [-0.15, -0.1) is 0 Å². The predicted molar refractivity (Wildman–Crippen MR) is 63.7 cm³/mol. The number of nitrogens with zero attached hydrogens (tertiary/aromatic N) is 1. The summed E-state index contributed by atoms with van der Waals surface area (Å²) in [5.41, 5.74) is 0.167. The number of nitrogens with one attached hydrogen (secondary N) is 1. The van der Waals surface area contributed by atoms with Crippen LogP contribution in [0.15, 0.2) is 18.2 Å². The van der Waals surface area contributed by atoms with Crippen LogP contribution in [0.5, 0.6) is 0 Å². The van der Waals surface area contributed by atoms with Gasteiger partial charge in [-0.3, -0.25) is 4.90 Å². The van der Waals surface area contributed by atoms with E-state index >= 15 is 0 Å². The summed E-state index contributed by atoms with van der Waals surface area (Å²) in [6.07, 6.45) is 2.20. The quantitative estimate of drug-likeness (QED) is 0.871. The summed E-state index contributed by atoms with van der Waals surface area (Å²) >= 11 is 0. The Balaban J connectivity index is 2.04. The van der Waals surface area contributed by atoms with Crippen molar-refractivity contribution < 1.29 is 8.78 Å². The Kier molecular flexibility index (Phi) is 4.07. The first-order chi connectivity index (χ1) is 8.18. The summed E-state index contributed by atoms with van der Waals surface area (Å²) in [5, 5.41) is 3.30. The molecule has 1 aliphatic heterocycles. The molecule has 2 rings (SSSR count). The van der Waals surface area contributed by atoms with Gasteiger partial charge in [0.2, 0.25) is 0 Å². The largest absolute Gasteiger partial charge is 0.315 e. The van der Waals surface area contributed by atoms with Crippen molar-refractivity contribution in [2.45, 2.75) is 25.4 Å². The van der Waals surface area contributed by atoms with Crippen molar-refractivity contribution in [1.82, 2.24) is 10.2 Å². The summed E-state index contributed by atoms with van der Waals surface area (Å²) in [6, 6.07) is 4.38. The van der Waals surface area contributed by atoms with Gasteiger partial charge in [0.1, 0.15) is 11.6 Å². The summed E-state index contributed by atoms with van der Waals surface area (Å²) in [7, 11) is 1.92. The fourth-order valence-electron chi connectivity index (χ4n) is 2.27. The predicted octanol–water partition coefficient (Wildman–Crippen LogP) is 2.15. The van der Waals surface area contributed by atoms with Crippen molar-refractivity contribution in [3.05, 3.63) is 35.4 Å². The first-order valence-electron chi connectivity index (χ1n) is 6.02. The van der Waals surface area contributed by atoms with Crippen molar-refractivity contribution in [1.29, 1.82) is 0 Å². The highest BCUT2D eigenvalue weighted by Crippen LogP contribution is 2.17. The van der Waals surface area contributed by atoms with Crippen molar-refractivity contribution >= 4 is 0 Å². The number of halogens is 2. The van der Waals surface area contributed by atoms with Crippen molar-refractivity contribution in [2.75, 3.05) is 20.1 Å². The molecule has 1 saturated heterocycles. The number of likely N-dealkylation sites (N-methyl/N-ethyl adjacent to an activating group) is 1. The molecule has 1 N–H and O–H groups in total. The molecule has 1 unspecified atom stereocenters. The van der Waals surface area contributed by atoms with E-state index in [0.717, 1.165) is 25.9 Å². The number of rotatable bonds is 3. The van der Waals surface area contributed by atoms with Gasteiger partial charge >= 0.3 is 0 Å². The molecular weight excluding hydrogens is 222 g/mol. The van der Waals surface area contributed by atoms with Crippen LogP contribution in [0, 0.1) is 11.6 Å². The Labute approximate surface area is 101 Å². The summed E-state index contributed by atoms with van der Waals surface area (Å²) in [6.45, 7) is 2.26. The molecule has 0 aromatic heterocycles. The topological polar surface area (TPSA) is 15.3 Å². The molecule has 0 saturated carbocycles. The first kappa shape index (κ1) is 12.5. The maximum Gasteiger partial charge on any atom is 0.130 e. The lowest BCUT2D eigenvalue weighted by atomic mass is 10.1. The van der Waals surface area contributed by atoms with Gasteiger partial charge in [0.15, 0.2) is 0 Å². The second kappa shape index (κ2) is 5.56. The lowest BCUT2D eigenvalue weighted by molar-refractivity contribution is 0.191. The molecule has 0 radical (unpaired) electrons. The average Bonchev–Trinajstić information content (AvgIpc) is 2.35. The number of hydrogen-bond acceptors (Lipinski definition) is 2. The number of piperidine rings is 1. The van der Waals surface area contributed by atoms with E-state index in [9.17, 15) is 8.78 Å². The molecule has 1 aromatic rings. The highest BCUT2D eigenvalue weighted by atomic mass is 19.1. The third-order valence-corrected chi connectivity index (χ3v) is 3.36. The zero-order valence-corrected chi connectivity index (χ0v) is 10.0. The maximum atomic E-state index is 13.5. The highest BCUT2D eigenvalue weighted by Gasteiger charge is 2.20. The van der Waals surface area contributed by atoms with Gasteiger partial charge in [-0.2, -0.15) is 0 Å². The van der Waals surface area contributed by atoms with Crippen molar-refractivity contribution in [3.63, 3.8) is 0 Å². The molecule has 4 heteroatoms. The zero-order valence-electron chi connectivity index (χ0n) is 10.0. The van der Waals surface area contributed by atoms with E-state index in [1.165, 1.54) is 18.2 Å². The summed E-state index contributed by atoms with van der Waals surface area (Å²) < 4.78 is 27.0. The van der Waals surface area contributed by atoms with Gasteiger partial charge in [-0.25, -0.2) is 8.78 Å². The molecule has 0 aliphatic carbocycles. The monoisotopic (exact) mass is 240 g/mol. The molecule has 1 atom stereocenters. The van der Waals surface area contributed by atoms with Crippen molar-refractivity contribution in [3.8, 4) is 0 Å². The fourth-order valence-corrected chi connectivity index (χ4v) is 2.27. The number of benzene rings is 1. The minimum absolute atomic E-state index is 0.167. The molecule has 1 aliphatic rings. The smallest absolute Gasteiger partial charge is 0.130 e. The van der Waals surface area contributed by atoms with Crippen LogP contribution in [0.4, 0.5) is 8.78 Å². The van der Waals surface area contributed by atoms with Crippen LogP contribution in [0.2, 0.25) is 0 Å². The van der Waals surface area contributed by atoms with E-state index in [1.807, 2.05) is 11.9 Å². The van der Waals surface area contributed by atoms with Gasteiger partial charge in [0.25, 0.3) is 0 Å². The fraction of sp³-hybridized carbons (Fsp3) is 0.538. The van der Waals surface area contributed by atoms with Gasteiger partial charge < -0.3 is 5.32 Å². The van der Waals surface area contributed by atoms with Crippen LogP contribution in [-0.2, 0) is 6.54 Å². The minimum Gasteiger partial charge on any atom is -0.315 e. The standard InChI is InChI=1S/C13H18F2N2/c1-17(10-4-3-7-16-8-10)9-11-12(14)5-2-6-13(11)15/h2,5-6,10,16H,3-4,7-9H2,1H3. The van der Waals surface area contributed by atoms with Gasteiger partial charge in [-0.05, 0) is 38.6 Å². The zero-order chi connectivity index (χ0) is 12.3. The first-order valence-corrected chi connectivity index (χ1v) is 6.02. The van der Waals surface area contributed by atoms with Crippen LogP contribution in [0.3, 0.4) is 0 Å². The minimum atomic E-state index is -0.458. The maximum absolute atomic E-state index is 13.5. The summed E-state index contributed by atoms with van der Waals surface area (Å²) in [5.74, 6) is -0.916. The van der Waals surface area contributed by atoms with E-state index in [1.54, 1.807) is 0 Å². The molecule has 17 heavy (non-hydrogen) atoms. The Morgan fingerprint density at radius 2 is 2.06 bits per heavy atom. The second-order valence-corrected chi connectivity index (χ2v) is 4.62. The Bertz CT molecular complexity index is 355. The third kappa shape index (κ3) is 3.01. The van der Waals surface area contributed by atoms with E-state index in [0.29, 0.717) is 12.6 Å². The molecule has 2 nitrogen and oxygen atoms in total. The molecule has 0 bridgehead atoms. The molecule has 1 fully saturated rings. The van der Waals surface area contributed by atoms with E-state index in [2.05, 4.69) is 5.32 Å². The summed E-state index contributed by atoms with van der Waals surface area (Å²) in [4.78, 5) is 2.02. The van der Waals surface area contributed by atoms with E-state index in [4.69, 9.17) is 0 Å². The van der Waals surface area contributed by atoms with Gasteiger partial charge in [0, 0.05) is 24.7 Å². The SMILES string of the molecule is CN(Cc1c(F)cccc1F)C1CCCNC1. The molecule has 1 heterocycles. The molecule has 1 aromatic carbocycles. The van der Waals surface area contributed by atoms with E-state index in [-0.39, 0.29) is 5.56 Å². The van der Waals surface area contributed by atoms with Crippen molar-refractivity contribution in [2.24, 2.45) is 0 Å². The third-order valence-electron chi connectivity index (χ3n) is 3.36. The van der Waals surface area contributed by atoms with Gasteiger partial charge in [0.05, 0.1) is 0 Å². The lowest BCUT2D eigenvalue weighted by Gasteiger charge is -2.31. The molecule has 0 amide bonds. The van der Waals surface area contributed by atoms with Gasteiger partial charge in [-0.1, -0.05) is 6.07 Å². The highest BCUT2D eigenvalue weighted by molar-refractivity contribution is 5.19. The normalized spacial score (nSPS) is 20.8. The van der Waals surface area contributed by atoms with Crippen LogP contribution in [0.25, 0.3) is 0 Å². The number of hydrogen-bond donors (Lipinski definition) is 1. The lowest BCUT2D eigenvalue weighted by Crippen LogP contribution is -2.43. The average molecular weight is 240 g/mol. The molecular formula is C13H18F2N2. The molecule has 0 spiro atoms. The van der Waals surface area contributed by atoms with Crippen LogP contribution < -0.4 is 5.32 Å². The Hall–Kier alpha value is -1.00. The Morgan fingerprint density at radius 3 is 2.65 bits per heavy atom. The second-order valence-electron chi connectivity index (χ2n) is 4.62. The molecule has 94 valence electrons. The van der Waals surface area contributed by atoms with Crippen LogP contribution in [0.1, 0.15) is 18.4 Å². The van der Waals surface area contributed by atoms with Crippen LogP contribution >= 0.6 is 0 Å².